The van der Waals surface area contributed by atoms with Gasteiger partial charge >= 0.3 is 0 Å². The molecule has 0 aromatic heterocycles. The van der Waals surface area contributed by atoms with Gasteiger partial charge in [-0.15, -0.1) is 11.6 Å². The molecule has 2 rings (SSSR count). The normalized spacial score (nSPS) is 15.9. The molecule has 1 aromatic rings. The van der Waals surface area contributed by atoms with E-state index >= 15 is 0 Å². The average molecular weight is 182 g/mol. The van der Waals surface area contributed by atoms with Crippen LogP contribution in [0.1, 0.15) is 12.0 Å². The molecule has 0 amide bonds. The van der Waals surface area contributed by atoms with Gasteiger partial charge in [0, 0.05) is 12.2 Å². The molecule has 0 bridgehead atoms. The minimum Gasteiger partial charge on any atom is -0.358 e. The number of hydrogen-bond acceptors (Lipinski definition) is 1. The molecule has 2 heteroatoms. The number of anilines is 1. The van der Waals surface area contributed by atoms with Crippen molar-refractivity contribution in [1.82, 2.24) is 0 Å². The highest BCUT2D eigenvalue weighted by Gasteiger charge is 2.14. The summed E-state index contributed by atoms with van der Waals surface area (Å²) in [7, 11) is 0. The lowest BCUT2D eigenvalue weighted by molar-refractivity contribution is 0.735. The first-order chi connectivity index (χ1) is 5.92. The molecule has 0 unspecified atom stereocenters. The van der Waals surface area contributed by atoms with Crippen LogP contribution in [0, 0.1) is 0 Å². The zero-order valence-electron chi connectivity index (χ0n) is 6.96. The topological polar surface area (TPSA) is 3.24 Å². The SMILES string of the molecule is ClCN1CCCc2ccccc21. The highest BCUT2D eigenvalue weighted by Crippen LogP contribution is 2.26. The van der Waals surface area contributed by atoms with E-state index in [1.54, 1.807) is 0 Å². The van der Waals surface area contributed by atoms with Gasteiger partial charge in [-0.05, 0) is 24.5 Å². The second kappa shape index (κ2) is 3.36. The molecule has 1 aliphatic heterocycles. The van der Waals surface area contributed by atoms with Gasteiger partial charge in [0.05, 0.1) is 6.00 Å². The Morgan fingerprint density at radius 3 is 3.00 bits per heavy atom. The van der Waals surface area contributed by atoms with Crippen molar-refractivity contribution in [3.8, 4) is 0 Å². The molecule has 0 N–H and O–H groups in total. The van der Waals surface area contributed by atoms with Crippen LogP contribution in [0.5, 0.6) is 0 Å². The smallest absolute Gasteiger partial charge is 0.0928 e. The first-order valence-electron chi connectivity index (χ1n) is 4.30. The molecule has 0 saturated heterocycles. The molecule has 1 aromatic carbocycles. The van der Waals surface area contributed by atoms with Gasteiger partial charge in [-0.25, -0.2) is 0 Å². The number of nitrogens with zero attached hydrogens (tertiary/aromatic N) is 1. The van der Waals surface area contributed by atoms with Crippen LogP contribution < -0.4 is 4.90 Å². The van der Waals surface area contributed by atoms with Crippen LogP contribution in [-0.4, -0.2) is 12.5 Å². The fourth-order valence-electron chi connectivity index (χ4n) is 1.74. The summed E-state index contributed by atoms with van der Waals surface area (Å²) in [5.74, 6) is 0. The summed E-state index contributed by atoms with van der Waals surface area (Å²) in [5, 5.41) is 0. The third-order valence-corrected chi connectivity index (χ3v) is 2.64. The molecule has 0 radical (unpaired) electrons. The van der Waals surface area contributed by atoms with Crippen LogP contribution in [0.4, 0.5) is 5.69 Å². The molecule has 1 aliphatic rings. The van der Waals surface area contributed by atoms with Gasteiger partial charge in [0.1, 0.15) is 0 Å². The Hall–Kier alpha value is -0.690. The van der Waals surface area contributed by atoms with Crippen LogP contribution in [0.3, 0.4) is 0 Å². The van der Waals surface area contributed by atoms with Crippen molar-refractivity contribution in [2.75, 3.05) is 17.4 Å². The molecule has 0 atom stereocenters. The van der Waals surface area contributed by atoms with Crippen molar-refractivity contribution in [2.45, 2.75) is 12.8 Å². The second-order valence-corrected chi connectivity index (χ2v) is 3.35. The molecule has 12 heavy (non-hydrogen) atoms. The number of aryl methyl sites for hydroxylation is 1. The van der Waals surface area contributed by atoms with E-state index in [-0.39, 0.29) is 0 Å². The Morgan fingerprint density at radius 2 is 2.17 bits per heavy atom. The molecular formula is C10H12ClN. The van der Waals surface area contributed by atoms with Gasteiger partial charge < -0.3 is 4.90 Å². The van der Waals surface area contributed by atoms with Crippen molar-refractivity contribution in [2.24, 2.45) is 0 Å². The van der Waals surface area contributed by atoms with E-state index in [0.717, 1.165) is 6.54 Å². The Bertz CT molecular complexity index is 272. The maximum Gasteiger partial charge on any atom is 0.0928 e. The van der Waals surface area contributed by atoms with E-state index in [2.05, 4.69) is 29.2 Å². The maximum atomic E-state index is 5.83. The predicted molar refractivity (Wildman–Crippen MR) is 52.8 cm³/mol. The quantitative estimate of drug-likeness (QED) is 0.476. The third kappa shape index (κ3) is 1.29. The van der Waals surface area contributed by atoms with E-state index in [4.69, 9.17) is 11.6 Å². The van der Waals surface area contributed by atoms with Crippen LogP contribution in [-0.2, 0) is 6.42 Å². The Balaban J connectivity index is 2.37. The number of hydrogen-bond donors (Lipinski definition) is 0. The van der Waals surface area contributed by atoms with Crippen LogP contribution >= 0.6 is 11.6 Å². The monoisotopic (exact) mass is 181 g/mol. The summed E-state index contributed by atoms with van der Waals surface area (Å²) in [4.78, 5) is 2.22. The Morgan fingerprint density at radius 1 is 1.33 bits per heavy atom. The third-order valence-electron chi connectivity index (χ3n) is 2.35. The van der Waals surface area contributed by atoms with Gasteiger partial charge in [-0.3, -0.25) is 0 Å². The largest absolute Gasteiger partial charge is 0.358 e. The molecule has 0 aliphatic carbocycles. The van der Waals surface area contributed by atoms with Crippen LogP contribution in [0.15, 0.2) is 24.3 Å². The minimum atomic E-state index is 0.608. The van der Waals surface area contributed by atoms with Crippen molar-refractivity contribution in [3.05, 3.63) is 29.8 Å². The summed E-state index contributed by atoms with van der Waals surface area (Å²) < 4.78 is 0. The van der Waals surface area contributed by atoms with Gasteiger partial charge in [-0.2, -0.15) is 0 Å². The average Bonchev–Trinajstić information content (AvgIpc) is 2.17. The number of rotatable bonds is 1. The van der Waals surface area contributed by atoms with E-state index < -0.39 is 0 Å². The van der Waals surface area contributed by atoms with E-state index in [1.165, 1.54) is 24.1 Å². The first kappa shape index (κ1) is 7.93. The second-order valence-electron chi connectivity index (χ2n) is 3.12. The number of benzene rings is 1. The molecule has 0 spiro atoms. The summed E-state index contributed by atoms with van der Waals surface area (Å²) in [6, 6.07) is 9.11. The Kier molecular flexibility index (Phi) is 2.22. The van der Waals surface area contributed by atoms with Crippen molar-refractivity contribution < 1.29 is 0 Å². The fourth-order valence-corrected chi connectivity index (χ4v) is 1.98. The minimum absolute atomic E-state index is 0.608. The van der Waals surface area contributed by atoms with Crippen molar-refractivity contribution >= 4 is 17.3 Å². The summed E-state index contributed by atoms with van der Waals surface area (Å²) in [5.41, 5.74) is 2.75. The lowest BCUT2D eigenvalue weighted by Crippen LogP contribution is -2.27. The number of alkyl halides is 1. The number of para-hydroxylation sites is 1. The summed E-state index contributed by atoms with van der Waals surface area (Å²) in [6.07, 6.45) is 2.42. The standard InChI is InChI=1S/C10H12ClN/c11-8-12-7-3-5-9-4-1-2-6-10(9)12/h1-2,4,6H,3,5,7-8H2. The van der Waals surface area contributed by atoms with Crippen LogP contribution in [0.25, 0.3) is 0 Å². The number of fused-ring (bicyclic) bond motifs is 1. The van der Waals surface area contributed by atoms with Gasteiger partial charge in [0.15, 0.2) is 0 Å². The van der Waals surface area contributed by atoms with Crippen molar-refractivity contribution in [3.63, 3.8) is 0 Å². The number of halogens is 1. The van der Waals surface area contributed by atoms with Gasteiger partial charge in [0.25, 0.3) is 0 Å². The zero-order valence-corrected chi connectivity index (χ0v) is 7.72. The molecule has 1 heterocycles. The molecule has 64 valence electrons. The summed E-state index contributed by atoms with van der Waals surface area (Å²) >= 11 is 5.83. The molecule has 0 fully saturated rings. The lowest BCUT2D eigenvalue weighted by atomic mass is 10.0. The van der Waals surface area contributed by atoms with Crippen LogP contribution in [0.2, 0.25) is 0 Å². The fraction of sp³-hybridized carbons (Fsp3) is 0.400. The lowest BCUT2D eigenvalue weighted by Gasteiger charge is -2.28. The zero-order chi connectivity index (χ0) is 8.39. The van der Waals surface area contributed by atoms with E-state index in [1.807, 2.05) is 0 Å². The predicted octanol–water partition coefficient (Wildman–Crippen LogP) is 2.64. The molecule has 1 nitrogen and oxygen atoms in total. The molecular weight excluding hydrogens is 170 g/mol. The van der Waals surface area contributed by atoms with E-state index in [9.17, 15) is 0 Å². The van der Waals surface area contributed by atoms with Crippen molar-refractivity contribution in [1.29, 1.82) is 0 Å². The van der Waals surface area contributed by atoms with E-state index in [0.29, 0.717) is 6.00 Å². The summed E-state index contributed by atoms with van der Waals surface area (Å²) in [6.45, 7) is 1.10. The van der Waals surface area contributed by atoms with Gasteiger partial charge in [0.2, 0.25) is 0 Å². The molecule has 0 saturated carbocycles. The highest BCUT2D eigenvalue weighted by molar-refractivity contribution is 6.19. The Labute approximate surface area is 77.9 Å². The first-order valence-corrected chi connectivity index (χ1v) is 4.84. The van der Waals surface area contributed by atoms with Gasteiger partial charge in [-0.1, -0.05) is 18.2 Å². The highest BCUT2D eigenvalue weighted by atomic mass is 35.5. The maximum absolute atomic E-state index is 5.83.